The maximum absolute atomic E-state index is 15.0. The lowest BCUT2D eigenvalue weighted by molar-refractivity contribution is -0.164. The van der Waals surface area contributed by atoms with Gasteiger partial charge in [-0.3, -0.25) is 8.76 Å². The lowest BCUT2D eigenvalue weighted by atomic mass is 9.84. The number of alkyl halides is 5. The van der Waals surface area contributed by atoms with Gasteiger partial charge in [-0.1, -0.05) is 20.8 Å². The van der Waals surface area contributed by atoms with Crippen molar-refractivity contribution >= 4 is 38.6 Å². The van der Waals surface area contributed by atoms with Gasteiger partial charge in [-0.15, -0.1) is 0 Å². The normalized spacial score (nSPS) is 19.1. The smallest absolute Gasteiger partial charge is 0.409 e. The molecule has 16 heteroatoms. The van der Waals surface area contributed by atoms with E-state index in [0.717, 1.165) is 16.7 Å². The van der Waals surface area contributed by atoms with Crippen LogP contribution in [-0.2, 0) is 45.5 Å². The number of rotatable bonds is 11. The first-order chi connectivity index (χ1) is 17.6. The molecule has 8 nitrogen and oxygen atoms in total. The van der Waals surface area contributed by atoms with Gasteiger partial charge >= 0.3 is 20.6 Å². The van der Waals surface area contributed by atoms with Crippen molar-refractivity contribution in [3.63, 3.8) is 0 Å². The highest BCUT2D eigenvalue weighted by Crippen LogP contribution is 2.54. The minimum absolute atomic E-state index is 0.0284. The van der Waals surface area contributed by atoms with Gasteiger partial charge in [0.2, 0.25) is 0 Å². The first-order valence-electron chi connectivity index (χ1n) is 11.8. The predicted molar refractivity (Wildman–Crippen MR) is 146 cm³/mol. The Bertz CT molecular complexity index is 1160. The van der Waals surface area contributed by atoms with Crippen LogP contribution in [0.2, 0.25) is 0 Å². The first kappa shape index (κ1) is 34.5. The molecule has 1 fully saturated rings. The number of ether oxygens (including phenoxy) is 3. The Balaban J connectivity index is 2.32. The van der Waals surface area contributed by atoms with E-state index in [1.807, 2.05) is 32.9 Å². The molecule has 1 aliphatic heterocycles. The summed E-state index contributed by atoms with van der Waals surface area (Å²) in [6.07, 6.45) is -0.504. The van der Waals surface area contributed by atoms with Crippen molar-refractivity contribution in [2.75, 3.05) is 27.3 Å². The summed E-state index contributed by atoms with van der Waals surface area (Å²) in [5.74, 6) is 0.484. The molecule has 0 bridgehead atoms. The third-order valence-corrected chi connectivity index (χ3v) is 13.5. The second kappa shape index (κ2) is 11.9. The zero-order chi connectivity index (χ0) is 30.2. The van der Waals surface area contributed by atoms with Crippen LogP contribution in [-0.4, -0.2) is 71.1 Å². The van der Waals surface area contributed by atoms with E-state index in [2.05, 4.69) is 0 Å². The number of hydrogen-bond acceptors (Lipinski definition) is 6. The Kier molecular flexibility index (Phi) is 10.5. The van der Waals surface area contributed by atoms with Crippen LogP contribution in [0.25, 0.3) is 0 Å². The highest BCUT2D eigenvalue weighted by molar-refractivity contribution is 14.2. The van der Waals surface area contributed by atoms with Crippen LogP contribution in [0.5, 0.6) is 5.75 Å². The molecule has 0 spiro atoms. The number of thiol groups is 1. The van der Waals surface area contributed by atoms with Crippen molar-refractivity contribution in [3.05, 3.63) is 28.8 Å². The van der Waals surface area contributed by atoms with E-state index >= 15 is 8.78 Å². The topological polar surface area (TPSA) is 102 Å². The monoisotopic (exact) mass is 723 g/mol. The molecule has 1 N–H and O–H groups in total. The number of piperidine rings is 1. The fourth-order valence-corrected chi connectivity index (χ4v) is 9.20. The molecule has 228 valence electrons. The zero-order valence-corrected chi connectivity index (χ0v) is 26.3. The number of halogens is 6. The predicted octanol–water partition coefficient (Wildman–Crippen LogP) is 5.20. The van der Waals surface area contributed by atoms with Gasteiger partial charge in [-0.25, -0.2) is 8.70 Å². The van der Waals surface area contributed by atoms with Gasteiger partial charge < -0.3 is 14.2 Å². The van der Waals surface area contributed by atoms with Crippen molar-refractivity contribution < 1.29 is 53.3 Å². The standard InChI is InChI=1S/C23H35F5INO7S2/c1-20(2,3)17-11-15(13-35-5)19(16(12-17)14-36-6)37-18-7-9-30(10-8-18)38(29,31)22(25,26)21(4,24)23(27,28)39(32,33)34/h11-12,18,38H,7-10,13-14H2,1-6H3,(H,32,33,34). The molecule has 1 heterocycles. The van der Waals surface area contributed by atoms with Gasteiger partial charge in [0.05, 0.1) is 20.5 Å². The number of benzene rings is 1. The molecule has 39 heavy (non-hydrogen) atoms. The van der Waals surface area contributed by atoms with Crippen molar-refractivity contribution in [2.45, 2.75) is 81.4 Å². The summed E-state index contributed by atoms with van der Waals surface area (Å²) in [4.78, 5) is 0. The van der Waals surface area contributed by atoms with Crippen molar-refractivity contribution in [3.8, 4) is 5.75 Å². The molecule has 2 rings (SSSR count). The molecule has 0 saturated carbocycles. The number of hydrogen-bond donors (Lipinski definition) is 2. The Labute approximate surface area is 238 Å². The van der Waals surface area contributed by atoms with Gasteiger partial charge in [0.1, 0.15) is 11.9 Å². The average Bonchev–Trinajstić information content (AvgIpc) is 2.79. The fourth-order valence-electron chi connectivity index (χ4n) is 4.10. The molecule has 1 saturated heterocycles. The third-order valence-electron chi connectivity index (χ3n) is 6.56. The summed E-state index contributed by atoms with van der Waals surface area (Å²) >= 11 is 0.713. The van der Waals surface area contributed by atoms with E-state index < -0.39 is 46.6 Å². The van der Waals surface area contributed by atoms with Crippen LogP contribution in [0.3, 0.4) is 0 Å². The fraction of sp³-hybridized carbons (Fsp3) is 0.739. The summed E-state index contributed by atoms with van der Waals surface area (Å²) < 4.78 is 134. The Hall–Kier alpha value is -0.660. The second-order valence-corrected chi connectivity index (χ2v) is 18.1. The van der Waals surface area contributed by atoms with Crippen LogP contribution in [0.4, 0.5) is 22.0 Å². The maximum Gasteiger partial charge on any atom is 0.409 e. The second-order valence-electron chi connectivity index (χ2n) is 10.5. The Morgan fingerprint density at radius 3 is 1.79 bits per heavy atom. The summed E-state index contributed by atoms with van der Waals surface area (Å²) in [6, 6.07) is 3.87. The van der Waals surface area contributed by atoms with Gasteiger partial charge in [-0.2, -0.15) is 26.0 Å². The minimum Gasteiger partial charge on any atom is -0.490 e. The quantitative estimate of drug-likeness (QED) is 0.106. The molecule has 1 aliphatic rings. The van der Waals surface area contributed by atoms with E-state index in [1.165, 1.54) is 14.2 Å². The van der Waals surface area contributed by atoms with Crippen molar-refractivity contribution in [1.82, 2.24) is 4.31 Å². The highest BCUT2D eigenvalue weighted by Gasteiger charge is 2.77. The molecule has 1 unspecified atom stereocenters. The highest BCUT2D eigenvalue weighted by atomic mass is 127. The summed E-state index contributed by atoms with van der Waals surface area (Å²) in [7, 11) is -8.83. The summed E-state index contributed by atoms with van der Waals surface area (Å²) in [6.45, 7) is 5.47. The van der Waals surface area contributed by atoms with Crippen molar-refractivity contribution in [2.24, 2.45) is 0 Å². The molecule has 0 amide bonds. The van der Waals surface area contributed by atoms with E-state index in [9.17, 15) is 25.8 Å². The summed E-state index contributed by atoms with van der Waals surface area (Å²) in [5, 5.41) is -11.3. The van der Waals surface area contributed by atoms with Gasteiger partial charge in [-0.05, 0) is 42.9 Å². The molecular weight excluding hydrogens is 688 g/mol. The molecule has 0 aliphatic carbocycles. The third kappa shape index (κ3) is 6.71. The van der Waals surface area contributed by atoms with E-state index in [1.54, 1.807) is 0 Å². The van der Waals surface area contributed by atoms with E-state index in [-0.39, 0.29) is 44.6 Å². The van der Waals surface area contributed by atoms with Crippen LogP contribution in [0.1, 0.15) is 57.2 Å². The van der Waals surface area contributed by atoms with Gasteiger partial charge in [0, 0.05) is 59.6 Å². The minimum atomic E-state index is -6.58. The van der Waals surface area contributed by atoms with Crippen LogP contribution in [0.15, 0.2) is 12.1 Å². The zero-order valence-electron chi connectivity index (χ0n) is 22.4. The lowest BCUT2D eigenvalue weighted by Gasteiger charge is -2.45. The maximum atomic E-state index is 15.0. The summed E-state index contributed by atoms with van der Waals surface area (Å²) in [5.41, 5.74) is -2.90. The molecule has 0 radical (unpaired) electrons. The van der Waals surface area contributed by atoms with Gasteiger partial charge in [0.15, 0.2) is 0 Å². The largest absolute Gasteiger partial charge is 0.490 e. The lowest BCUT2D eigenvalue weighted by Crippen LogP contribution is -2.65. The van der Waals surface area contributed by atoms with E-state index in [4.69, 9.17) is 18.8 Å². The number of methoxy groups -OCH3 is 2. The van der Waals surface area contributed by atoms with Crippen molar-refractivity contribution in [1.29, 1.82) is 0 Å². The Morgan fingerprint density at radius 1 is 1.00 bits per heavy atom. The SMILES string of the molecule is COCc1cc(C(C)(C)C)cc(COC)c1OC1CCN([SH](=O)(I)C(F)(F)C(C)(F)C(F)(F)S(=O)(=O)O)CC1. The molecule has 0 aromatic heterocycles. The average molecular weight is 724 g/mol. The molecular formula is C23H35F5INO7S2. The molecule has 1 aromatic rings. The van der Waals surface area contributed by atoms with Gasteiger partial charge in [0.25, 0.3) is 5.67 Å². The van der Waals surface area contributed by atoms with Crippen LogP contribution in [0, 0.1) is 0 Å². The number of nitrogens with zero attached hydrogens (tertiary/aromatic N) is 1. The van der Waals surface area contributed by atoms with E-state index in [0.29, 0.717) is 31.3 Å². The first-order valence-corrected chi connectivity index (χ1v) is 17.7. The Morgan fingerprint density at radius 2 is 1.44 bits per heavy atom. The molecule has 1 atom stereocenters. The van der Waals surface area contributed by atoms with Crippen LogP contribution >= 0.6 is 21.2 Å². The molecule has 1 aromatic carbocycles. The van der Waals surface area contributed by atoms with Crippen LogP contribution < -0.4 is 4.74 Å².